The minimum Gasteiger partial charge on any atom is -0.383 e. The van der Waals surface area contributed by atoms with Crippen LogP contribution in [0.1, 0.15) is 42.9 Å². The number of hydrogen-bond acceptors (Lipinski definition) is 7. The van der Waals surface area contributed by atoms with Crippen LogP contribution in [-0.4, -0.2) is 52.7 Å². The Morgan fingerprint density at radius 2 is 2.17 bits per heavy atom. The van der Waals surface area contributed by atoms with E-state index in [4.69, 9.17) is 10.8 Å². The molecule has 1 aromatic carbocycles. The van der Waals surface area contributed by atoms with Gasteiger partial charge in [-0.2, -0.15) is 10.4 Å². The molecule has 0 radical (unpaired) electrons. The van der Waals surface area contributed by atoms with Gasteiger partial charge in [0.05, 0.1) is 35.0 Å². The van der Waals surface area contributed by atoms with Crippen molar-refractivity contribution in [1.29, 1.82) is 5.26 Å². The fourth-order valence-corrected chi connectivity index (χ4v) is 4.95. The van der Waals surface area contributed by atoms with Crippen LogP contribution in [0.2, 0.25) is 0 Å². The fraction of sp³-hybridized carbons (Fsp3) is 0.308. The van der Waals surface area contributed by atoms with E-state index < -0.39 is 0 Å². The number of carbonyl (C=O) groups excluding carboxylic acids is 1. The number of nitrogen functional groups attached to an aromatic ring is 1. The van der Waals surface area contributed by atoms with E-state index in [2.05, 4.69) is 50.9 Å². The molecule has 10 nitrogen and oxygen atoms in total. The predicted molar refractivity (Wildman–Crippen MR) is 135 cm³/mol. The number of aryl methyl sites for hydroxylation is 2. The quantitative estimate of drug-likeness (QED) is 0.352. The Hall–Kier alpha value is -4.70. The summed E-state index contributed by atoms with van der Waals surface area (Å²) >= 11 is 0. The molecule has 0 saturated carbocycles. The van der Waals surface area contributed by atoms with Crippen molar-refractivity contribution in [3.05, 3.63) is 54.3 Å². The van der Waals surface area contributed by atoms with E-state index in [9.17, 15) is 10.1 Å². The lowest BCUT2D eigenvalue weighted by Crippen LogP contribution is -2.34. The third-order valence-corrected chi connectivity index (χ3v) is 6.62. The predicted octanol–water partition coefficient (Wildman–Crippen LogP) is 2.73. The number of nitriles is 1. The summed E-state index contributed by atoms with van der Waals surface area (Å²) in [6, 6.07) is 7.71. The van der Waals surface area contributed by atoms with Gasteiger partial charge in [-0.1, -0.05) is 12.5 Å². The molecule has 1 aliphatic heterocycles. The van der Waals surface area contributed by atoms with E-state index in [1.807, 2.05) is 25.1 Å². The average molecular weight is 480 g/mol. The molecule has 0 aliphatic carbocycles. The van der Waals surface area contributed by atoms with Crippen LogP contribution >= 0.6 is 0 Å². The molecule has 5 rings (SSSR count). The van der Waals surface area contributed by atoms with Gasteiger partial charge in [0.1, 0.15) is 23.7 Å². The maximum Gasteiger partial charge on any atom is 0.246 e. The average Bonchev–Trinajstić information content (AvgIpc) is 3.55. The van der Waals surface area contributed by atoms with Crippen molar-refractivity contribution in [3.63, 3.8) is 0 Å². The minimum atomic E-state index is -0.225. The molecule has 1 fully saturated rings. The molecular weight excluding hydrogens is 454 g/mol. The normalized spacial score (nSPS) is 17.2. The van der Waals surface area contributed by atoms with E-state index >= 15 is 0 Å². The topological polar surface area (TPSA) is 132 Å². The molecule has 4 heterocycles. The monoisotopic (exact) mass is 479 g/mol. The molecular formula is C26H25N9O. The molecule has 36 heavy (non-hydrogen) atoms. The third-order valence-electron chi connectivity index (χ3n) is 6.62. The highest BCUT2D eigenvalue weighted by molar-refractivity contribution is 5.91. The zero-order chi connectivity index (χ0) is 25.4. The summed E-state index contributed by atoms with van der Waals surface area (Å²) in [5.74, 6) is 7.36. The van der Waals surface area contributed by atoms with E-state index in [-0.39, 0.29) is 30.2 Å². The Bertz CT molecular complexity index is 1610. The maximum absolute atomic E-state index is 12.4. The van der Waals surface area contributed by atoms with Gasteiger partial charge in [-0.25, -0.2) is 19.6 Å². The van der Waals surface area contributed by atoms with Crippen molar-refractivity contribution in [1.82, 2.24) is 34.2 Å². The van der Waals surface area contributed by atoms with Crippen LogP contribution in [-0.2, 0) is 11.3 Å². The second kappa shape index (κ2) is 9.16. The molecule has 0 spiro atoms. The number of nitrogens with two attached hydrogens (primary N) is 1. The number of likely N-dealkylation sites (tertiary alicyclic amines) is 1. The minimum absolute atomic E-state index is 0.183. The van der Waals surface area contributed by atoms with E-state index in [1.165, 1.54) is 12.4 Å². The lowest BCUT2D eigenvalue weighted by atomic mass is 10.1. The number of imidazole rings is 1. The summed E-state index contributed by atoms with van der Waals surface area (Å²) in [4.78, 5) is 27.3. The van der Waals surface area contributed by atoms with Crippen LogP contribution < -0.4 is 5.73 Å². The Morgan fingerprint density at radius 3 is 2.92 bits per heavy atom. The summed E-state index contributed by atoms with van der Waals surface area (Å²) in [5, 5.41) is 14.6. The van der Waals surface area contributed by atoms with Gasteiger partial charge in [-0.15, -0.1) is 0 Å². The van der Waals surface area contributed by atoms with Crippen molar-refractivity contribution in [2.24, 2.45) is 0 Å². The Kier molecular flexibility index (Phi) is 5.87. The van der Waals surface area contributed by atoms with E-state index in [1.54, 1.807) is 9.58 Å². The SMILES string of the molecule is C=CC(=O)N1C[C@@H](n2nc(C#Cc3ccc4c(c3)nc(C)n4CC)c3c(N)ncnc32)C[C@@H]1CC#N. The first-order chi connectivity index (χ1) is 17.4. The third kappa shape index (κ3) is 3.83. The van der Waals surface area contributed by atoms with Crippen molar-refractivity contribution >= 4 is 33.8 Å². The van der Waals surface area contributed by atoms with Crippen LogP contribution in [0.25, 0.3) is 22.1 Å². The van der Waals surface area contributed by atoms with Crippen LogP contribution in [0, 0.1) is 30.1 Å². The lowest BCUT2D eigenvalue weighted by molar-refractivity contribution is -0.126. The van der Waals surface area contributed by atoms with Crippen molar-refractivity contribution in [2.75, 3.05) is 12.3 Å². The van der Waals surface area contributed by atoms with E-state index in [0.717, 1.165) is 29.0 Å². The molecule has 10 heteroatoms. The number of rotatable bonds is 4. The van der Waals surface area contributed by atoms with E-state index in [0.29, 0.717) is 29.7 Å². The number of carbonyl (C=O) groups is 1. The van der Waals surface area contributed by atoms with Gasteiger partial charge in [0.25, 0.3) is 0 Å². The summed E-state index contributed by atoms with van der Waals surface area (Å²) < 4.78 is 3.91. The van der Waals surface area contributed by atoms with Crippen molar-refractivity contribution in [2.45, 2.75) is 45.3 Å². The second-order valence-corrected chi connectivity index (χ2v) is 8.71. The number of aromatic nitrogens is 6. The van der Waals surface area contributed by atoms with Crippen LogP contribution in [0.3, 0.4) is 0 Å². The molecule has 1 saturated heterocycles. The van der Waals surface area contributed by atoms with Crippen LogP contribution in [0.4, 0.5) is 5.82 Å². The number of nitrogens with zero attached hydrogens (tertiary/aromatic N) is 8. The number of hydrogen-bond donors (Lipinski definition) is 1. The first kappa shape index (κ1) is 23.1. The van der Waals surface area contributed by atoms with Crippen molar-refractivity contribution in [3.8, 4) is 17.9 Å². The van der Waals surface area contributed by atoms with Gasteiger partial charge in [0, 0.05) is 24.7 Å². The Morgan fingerprint density at radius 1 is 1.33 bits per heavy atom. The standard InChI is InChI=1S/C26H25N9O/c1-4-23(36)34-14-19(13-18(34)10-11-27)35-26-24(25(28)29-15-30-26)20(32-35)8-6-17-7-9-22-21(12-17)31-16(3)33(22)5-2/h4,7,9,12,15,18-19H,1,5,10,13-14H2,2-3H3,(H2,28,29,30)/t18-,19-/m0/s1. The highest BCUT2D eigenvalue weighted by Crippen LogP contribution is 2.32. The summed E-state index contributed by atoms with van der Waals surface area (Å²) in [7, 11) is 0. The van der Waals surface area contributed by atoms with Gasteiger partial charge in [-0.3, -0.25) is 4.79 Å². The van der Waals surface area contributed by atoms with Gasteiger partial charge >= 0.3 is 0 Å². The van der Waals surface area contributed by atoms with Crippen LogP contribution in [0.5, 0.6) is 0 Å². The summed E-state index contributed by atoms with van der Waals surface area (Å²) in [5.41, 5.74) is 9.99. The molecule has 0 unspecified atom stereocenters. The molecule has 4 aromatic rings. The zero-order valence-electron chi connectivity index (χ0n) is 20.1. The van der Waals surface area contributed by atoms with Gasteiger partial charge in [0.2, 0.25) is 5.91 Å². The van der Waals surface area contributed by atoms with Gasteiger partial charge in [0.15, 0.2) is 5.65 Å². The Balaban J connectivity index is 1.55. The number of fused-ring (bicyclic) bond motifs is 2. The summed E-state index contributed by atoms with van der Waals surface area (Å²) in [6.07, 6.45) is 3.46. The maximum atomic E-state index is 12.4. The molecule has 180 valence electrons. The molecule has 3 aromatic heterocycles. The highest BCUT2D eigenvalue weighted by atomic mass is 16.2. The highest BCUT2D eigenvalue weighted by Gasteiger charge is 2.36. The van der Waals surface area contributed by atoms with Crippen molar-refractivity contribution < 1.29 is 4.79 Å². The Labute approximate surface area is 208 Å². The van der Waals surface area contributed by atoms with Gasteiger partial charge < -0.3 is 15.2 Å². The lowest BCUT2D eigenvalue weighted by Gasteiger charge is -2.20. The van der Waals surface area contributed by atoms with Crippen LogP contribution in [0.15, 0.2) is 37.2 Å². The first-order valence-electron chi connectivity index (χ1n) is 11.7. The summed E-state index contributed by atoms with van der Waals surface area (Å²) in [6.45, 7) is 8.91. The zero-order valence-corrected chi connectivity index (χ0v) is 20.1. The smallest absolute Gasteiger partial charge is 0.246 e. The largest absolute Gasteiger partial charge is 0.383 e. The van der Waals surface area contributed by atoms with Gasteiger partial charge in [-0.05, 0) is 50.5 Å². The molecule has 1 amide bonds. The second-order valence-electron chi connectivity index (χ2n) is 8.71. The molecule has 1 aliphatic rings. The molecule has 2 N–H and O–H groups in total. The number of anilines is 1. The number of amides is 1. The first-order valence-corrected chi connectivity index (χ1v) is 11.7. The molecule has 2 atom stereocenters. The number of benzene rings is 1. The fourth-order valence-electron chi connectivity index (χ4n) is 4.95. The molecule has 0 bridgehead atoms.